The minimum Gasteiger partial charge on any atom is -0.376 e. The van der Waals surface area contributed by atoms with Gasteiger partial charge in [-0.15, -0.1) is 0 Å². The standard InChI is InChI=1S/C27H28N2O2S/c1-18(2)23-10-5-11-24-26(23)28-27(32-24)29(17-22-9-6-14-31-22)25(30)16-19-12-13-20-7-3-4-8-21(20)15-19/h3-5,7-8,10-13,15,18,22H,6,9,14,16-17H2,1-2H3. The minimum absolute atomic E-state index is 0.0703. The fraction of sp³-hybridized carbons (Fsp3) is 0.333. The molecule has 0 aliphatic carbocycles. The molecule has 4 nitrogen and oxygen atoms in total. The second-order valence-electron chi connectivity index (χ2n) is 8.84. The maximum Gasteiger partial charge on any atom is 0.233 e. The molecule has 0 saturated carbocycles. The van der Waals surface area contributed by atoms with Crippen molar-refractivity contribution in [1.82, 2.24) is 4.98 Å². The van der Waals surface area contributed by atoms with Crippen molar-refractivity contribution in [2.24, 2.45) is 0 Å². The molecular formula is C27H28N2O2S. The number of anilines is 1. The lowest BCUT2D eigenvalue weighted by Crippen LogP contribution is -2.38. The van der Waals surface area contributed by atoms with Crippen molar-refractivity contribution in [2.45, 2.75) is 45.1 Å². The first kappa shape index (κ1) is 21.1. The number of para-hydroxylation sites is 1. The fourth-order valence-corrected chi connectivity index (χ4v) is 5.46. The van der Waals surface area contributed by atoms with Gasteiger partial charge in [0, 0.05) is 6.61 Å². The Morgan fingerprint density at radius 3 is 2.75 bits per heavy atom. The Hall–Kier alpha value is -2.76. The number of thiazole rings is 1. The number of ether oxygens (including phenoxy) is 1. The van der Waals surface area contributed by atoms with Crippen LogP contribution < -0.4 is 4.90 Å². The summed E-state index contributed by atoms with van der Waals surface area (Å²) >= 11 is 1.60. The molecule has 4 aromatic rings. The second kappa shape index (κ2) is 9.00. The third-order valence-electron chi connectivity index (χ3n) is 6.17. The van der Waals surface area contributed by atoms with Crippen LogP contribution in [0.5, 0.6) is 0 Å². The van der Waals surface area contributed by atoms with Crippen LogP contribution in [0.2, 0.25) is 0 Å². The van der Waals surface area contributed by atoms with Crippen LogP contribution in [0.15, 0.2) is 60.7 Å². The van der Waals surface area contributed by atoms with Gasteiger partial charge in [-0.1, -0.05) is 79.8 Å². The zero-order valence-corrected chi connectivity index (χ0v) is 19.4. The summed E-state index contributed by atoms with van der Waals surface area (Å²) in [6.45, 7) is 5.70. The highest BCUT2D eigenvalue weighted by Crippen LogP contribution is 2.34. The van der Waals surface area contributed by atoms with Crippen molar-refractivity contribution in [3.63, 3.8) is 0 Å². The zero-order chi connectivity index (χ0) is 22.1. The van der Waals surface area contributed by atoms with E-state index >= 15 is 0 Å². The van der Waals surface area contributed by atoms with Crippen LogP contribution in [-0.4, -0.2) is 30.1 Å². The van der Waals surface area contributed by atoms with E-state index in [0.29, 0.717) is 18.9 Å². The Morgan fingerprint density at radius 1 is 1.12 bits per heavy atom. The molecule has 1 aliphatic heterocycles. The highest BCUT2D eigenvalue weighted by Gasteiger charge is 2.26. The third-order valence-corrected chi connectivity index (χ3v) is 7.22. The predicted molar refractivity (Wildman–Crippen MR) is 133 cm³/mol. The molecule has 1 aromatic heterocycles. The third kappa shape index (κ3) is 4.27. The maximum atomic E-state index is 13.6. The van der Waals surface area contributed by atoms with Crippen LogP contribution in [0, 0.1) is 0 Å². The number of carbonyl (C=O) groups excluding carboxylic acids is 1. The topological polar surface area (TPSA) is 42.4 Å². The first-order valence-electron chi connectivity index (χ1n) is 11.4. The number of nitrogens with zero attached hydrogens (tertiary/aromatic N) is 2. The summed E-state index contributed by atoms with van der Waals surface area (Å²) in [5, 5.41) is 3.12. The molecule has 1 unspecified atom stereocenters. The summed E-state index contributed by atoms with van der Waals surface area (Å²) in [6.07, 6.45) is 2.47. The summed E-state index contributed by atoms with van der Waals surface area (Å²) in [4.78, 5) is 20.4. The van der Waals surface area contributed by atoms with Gasteiger partial charge < -0.3 is 4.74 Å². The van der Waals surface area contributed by atoms with Crippen molar-refractivity contribution in [2.75, 3.05) is 18.1 Å². The van der Waals surface area contributed by atoms with E-state index in [-0.39, 0.29) is 12.0 Å². The maximum absolute atomic E-state index is 13.6. The minimum atomic E-state index is 0.0703. The monoisotopic (exact) mass is 444 g/mol. The van der Waals surface area contributed by atoms with Crippen LogP contribution in [0.25, 0.3) is 21.0 Å². The van der Waals surface area contributed by atoms with E-state index in [1.54, 1.807) is 11.3 Å². The Morgan fingerprint density at radius 2 is 1.97 bits per heavy atom. The van der Waals surface area contributed by atoms with E-state index in [1.165, 1.54) is 10.9 Å². The van der Waals surface area contributed by atoms with E-state index in [1.807, 2.05) is 17.0 Å². The highest BCUT2D eigenvalue weighted by molar-refractivity contribution is 7.22. The van der Waals surface area contributed by atoms with Crippen molar-refractivity contribution in [3.8, 4) is 0 Å². The Balaban J connectivity index is 1.47. The molecule has 1 aliphatic rings. The number of fused-ring (bicyclic) bond motifs is 2. The van der Waals surface area contributed by atoms with Crippen molar-refractivity contribution in [3.05, 3.63) is 71.8 Å². The molecular weight excluding hydrogens is 416 g/mol. The molecule has 3 aromatic carbocycles. The van der Waals surface area contributed by atoms with E-state index < -0.39 is 0 Å². The van der Waals surface area contributed by atoms with Gasteiger partial charge in [0.1, 0.15) is 0 Å². The lowest BCUT2D eigenvalue weighted by molar-refractivity contribution is -0.118. The summed E-state index contributed by atoms with van der Waals surface area (Å²) in [6, 6.07) is 20.8. The lowest BCUT2D eigenvalue weighted by atomic mass is 10.0. The van der Waals surface area contributed by atoms with E-state index in [2.05, 4.69) is 62.4 Å². The first-order valence-corrected chi connectivity index (χ1v) is 12.2. The molecule has 5 heteroatoms. The molecule has 32 heavy (non-hydrogen) atoms. The highest BCUT2D eigenvalue weighted by atomic mass is 32.1. The van der Waals surface area contributed by atoms with Gasteiger partial charge >= 0.3 is 0 Å². The largest absolute Gasteiger partial charge is 0.376 e. The molecule has 0 N–H and O–H groups in total. The van der Waals surface area contributed by atoms with Crippen LogP contribution in [0.4, 0.5) is 5.13 Å². The quantitative estimate of drug-likeness (QED) is 0.349. The summed E-state index contributed by atoms with van der Waals surface area (Å²) in [7, 11) is 0. The smallest absolute Gasteiger partial charge is 0.233 e. The van der Waals surface area contributed by atoms with Gasteiger partial charge in [0.2, 0.25) is 5.91 Å². The van der Waals surface area contributed by atoms with Gasteiger partial charge in [0.15, 0.2) is 5.13 Å². The lowest BCUT2D eigenvalue weighted by Gasteiger charge is -2.23. The number of amides is 1. The first-order chi connectivity index (χ1) is 15.6. The van der Waals surface area contributed by atoms with Crippen molar-refractivity contribution >= 4 is 43.4 Å². The molecule has 164 valence electrons. The fourth-order valence-electron chi connectivity index (χ4n) is 4.44. The van der Waals surface area contributed by atoms with E-state index in [9.17, 15) is 4.79 Å². The Bertz CT molecular complexity index is 1260. The number of benzene rings is 3. The molecule has 1 amide bonds. The van der Waals surface area contributed by atoms with Gasteiger partial charge in [-0.2, -0.15) is 0 Å². The molecule has 5 rings (SSSR count). The van der Waals surface area contributed by atoms with Gasteiger partial charge in [-0.05, 0) is 46.7 Å². The summed E-state index contributed by atoms with van der Waals surface area (Å²) in [5.74, 6) is 0.453. The number of carbonyl (C=O) groups is 1. The van der Waals surface area contributed by atoms with Crippen LogP contribution in [-0.2, 0) is 16.0 Å². The van der Waals surface area contributed by atoms with Gasteiger partial charge in [-0.3, -0.25) is 9.69 Å². The molecule has 1 saturated heterocycles. The van der Waals surface area contributed by atoms with E-state index in [0.717, 1.165) is 45.7 Å². The second-order valence-corrected chi connectivity index (χ2v) is 9.85. The zero-order valence-electron chi connectivity index (χ0n) is 18.6. The van der Waals surface area contributed by atoms with Crippen LogP contribution >= 0.6 is 11.3 Å². The molecule has 0 bridgehead atoms. The summed E-state index contributed by atoms with van der Waals surface area (Å²) < 4.78 is 7.01. The molecule has 2 heterocycles. The van der Waals surface area contributed by atoms with Crippen molar-refractivity contribution in [1.29, 1.82) is 0 Å². The summed E-state index contributed by atoms with van der Waals surface area (Å²) in [5.41, 5.74) is 3.26. The molecule has 0 spiro atoms. The number of rotatable bonds is 6. The number of hydrogen-bond acceptors (Lipinski definition) is 4. The van der Waals surface area contributed by atoms with Gasteiger partial charge in [0.05, 0.1) is 29.3 Å². The van der Waals surface area contributed by atoms with Crippen LogP contribution in [0.3, 0.4) is 0 Å². The predicted octanol–water partition coefficient (Wildman–Crippen LogP) is 6.33. The molecule has 1 fully saturated rings. The van der Waals surface area contributed by atoms with E-state index in [4.69, 9.17) is 9.72 Å². The normalized spacial score (nSPS) is 16.3. The SMILES string of the molecule is CC(C)c1cccc2sc(N(CC3CCCO3)C(=O)Cc3ccc4ccccc4c3)nc12. The molecule has 1 atom stereocenters. The molecule has 0 radical (unpaired) electrons. The average molecular weight is 445 g/mol. The van der Waals surface area contributed by atoms with Gasteiger partial charge in [0.25, 0.3) is 0 Å². The number of hydrogen-bond donors (Lipinski definition) is 0. The Kier molecular flexibility index (Phi) is 5.94. The van der Waals surface area contributed by atoms with Crippen molar-refractivity contribution < 1.29 is 9.53 Å². The van der Waals surface area contributed by atoms with Crippen LogP contribution in [0.1, 0.15) is 43.7 Å². The average Bonchev–Trinajstić information content (AvgIpc) is 3.46. The van der Waals surface area contributed by atoms with Gasteiger partial charge in [-0.25, -0.2) is 4.98 Å². The Labute approximate surface area is 192 Å². The number of aromatic nitrogens is 1.